The molecule has 0 aliphatic carbocycles. The zero-order valence-corrected chi connectivity index (χ0v) is 14.4. The van der Waals surface area contributed by atoms with Gasteiger partial charge in [-0.2, -0.15) is 4.98 Å². The summed E-state index contributed by atoms with van der Waals surface area (Å²) in [5.41, 5.74) is 0.877. The number of carbonyl (C=O) groups excluding carboxylic acids is 1. The van der Waals surface area contributed by atoms with E-state index in [0.717, 1.165) is 31.4 Å². The van der Waals surface area contributed by atoms with Crippen LogP contribution < -0.4 is 0 Å². The Bertz CT molecular complexity index is 668. The average Bonchev–Trinajstić information content (AvgIpc) is 3.12. The summed E-state index contributed by atoms with van der Waals surface area (Å²) < 4.78 is 16.3. The Morgan fingerprint density at radius 1 is 1.32 bits per heavy atom. The Labute approximate surface area is 146 Å². The largest absolute Gasteiger partial charge is 0.376 e. The SMILES string of the molecule is CN(Cc1nc(-c2ccccc2)no1)C(=O)COC[C@H]1CCCCO1. The second-order valence-corrected chi connectivity index (χ2v) is 6.13. The smallest absolute Gasteiger partial charge is 0.248 e. The van der Waals surface area contributed by atoms with E-state index in [9.17, 15) is 4.79 Å². The number of aromatic nitrogens is 2. The predicted molar refractivity (Wildman–Crippen MR) is 90.6 cm³/mol. The zero-order chi connectivity index (χ0) is 17.5. The minimum Gasteiger partial charge on any atom is -0.376 e. The quantitative estimate of drug-likeness (QED) is 0.766. The lowest BCUT2D eigenvalue weighted by molar-refractivity contribution is -0.137. The predicted octanol–water partition coefficient (Wildman–Crippen LogP) is 2.28. The van der Waals surface area contributed by atoms with Crippen LogP contribution in [0.15, 0.2) is 34.9 Å². The Kier molecular flexibility index (Phi) is 6.14. The summed E-state index contributed by atoms with van der Waals surface area (Å²) in [7, 11) is 1.69. The molecule has 0 saturated carbocycles. The summed E-state index contributed by atoms with van der Waals surface area (Å²) in [6.07, 6.45) is 3.36. The number of rotatable bonds is 7. The van der Waals surface area contributed by atoms with Crippen molar-refractivity contribution in [2.45, 2.75) is 31.9 Å². The molecule has 0 bridgehead atoms. The molecular formula is C18H23N3O4. The molecule has 0 N–H and O–H groups in total. The zero-order valence-electron chi connectivity index (χ0n) is 14.4. The number of carbonyl (C=O) groups is 1. The van der Waals surface area contributed by atoms with Gasteiger partial charge in [-0.15, -0.1) is 0 Å². The molecule has 7 nitrogen and oxygen atoms in total. The summed E-state index contributed by atoms with van der Waals surface area (Å²) in [6.45, 7) is 1.51. The van der Waals surface area contributed by atoms with Crippen LogP contribution in [0.1, 0.15) is 25.2 Å². The van der Waals surface area contributed by atoms with E-state index in [2.05, 4.69) is 10.1 Å². The van der Waals surface area contributed by atoms with Gasteiger partial charge in [0.15, 0.2) is 0 Å². The van der Waals surface area contributed by atoms with Gasteiger partial charge in [0.05, 0.1) is 19.3 Å². The van der Waals surface area contributed by atoms with Crippen LogP contribution >= 0.6 is 0 Å². The summed E-state index contributed by atoms with van der Waals surface area (Å²) in [4.78, 5) is 18.0. The summed E-state index contributed by atoms with van der Waals surface area (Å²) in [6, 6.07) is 9.56. The van der Waals surface area contributed by atoms with Crippen LogP contribution in [0.5, 0.6) is 0 Å². The van der Waals surface area contributed by atoms with E-state index in [-0.39, 0.29) is 25.2 Å². The van der Waals surface area contributed by atoms with Gasteiger partial charge < -0.3 is 18.9 Å². The second kappa shape index (κ2) is 8.73. The van der Waals surface area contributed by atoms with E-state index in [1.165, 1.54) is 4.90 Å². The number of hydrogen-bond donors (Lipinski definition) is 0. The number of nitrogens with zero attached hydrogens (tertiary/aromatic N) is 3. The van der Waals surface area contributed by atoms with Crippen molar-refractivity contribution in [2.75, 3.05) is 26.9 Å². The van der Waals surface area contributed by atoms with Crippen LogP contribution in [0.25, 0.3) is 11.4 Å². The first-order valence-corrected chi connectivity index (χ1v) is 8.53. The molecule has 0 spiro atoms. The molecule has 3 rings (SSSR count). The molecule has 1 aromatic carbocycles. The fourth-order valence-electron chi connectivity index (χ4n) is 2.64. The standard InChI is InChI=1S/C18H23N3O4/c1-21(17(22)13-23-12-15-9-5-6-10-24-15)11-16-19-18(20-25-16)14-7-3-2-4-8-14/h2-4,7-8,15H,5-6,9-13H2,1H3/t15-/m1/s1. The van der Waals surface area contributed by atoms with Crippen LogP contribution in [-0.4, -0.2) is 53.9 Å². The first-order chi connectivity index (χ1) is 12.2. The van der Waals surface area contributed by atoms with Crippen molar-refractivity contribution in [2.24, 2.45) is 0 Å². The molecule has 1 aromatic heterocycles. The fraction of sp³-hybridized carbons (Fsp3) is 0.500. The highest BCUT2D eigenvalue weighted by molar-refractivity contribution is 5.77. The molecule has 1 fully saturated rings. The maximum atomic E-state index is 12.1. The number of likely N-dealkylation sites (N-methyl/N-ethyl adjacent to an activating group) is 1. The van der Waals surface area contributed by atoms with Gasteiger partial charge in [-0.05, 0) is 19.3 Å². The van der Waals surface area contributed by atoms with Crippen molar-refractivity contribution in [3.63, 3.8) is 0 Å². The summed E-state index contributed by atoms with van der Waals surface area (Å²) in [5.74, 6) is 0.780. The van der Waals surface area contributed by atoms with Crippen LogP contribution in [0, 0.1) is 0 Å². The first-order valence-electron chi connectivity index (χ1n) is 8.53. The molecule has 25 heavy (non-hydrogen) atoms. The van der Waals surface area contributed by atoms with E-state index in [1.54, 1.807) is 7.05 Å². The minimum absolute atomic E-state index is 0.0238. The van der Waals surface area contributed by atoms with Crippen molar-refractivity contribution in [1.29, 1.82) is 0 Å². The van der Waals surface area contributed by atoms with Gasteiger partial charge in [-0.1, -0.05) is 35.5 Å². The monoisotopic (exact) mass is 345 g/mol. The van der Waals surface area contributed by atoms with Gasteiger partial charge in [-0.3, -0.25) is 4.79 Å². The van der Waals surface area contributed by atoms with E-state index in [0.29, 0.717) is 18.3 Å². The van der Waals surface area contributed by atoms with Crippen molar-refractivity contribution < 1.29 is 18.8 Å². The minimum atomic E-state index is -0.129. The molecule has 2 aromatic rings. The maximum absolute atomic E-state index is 12.1. The highest BCUT2D eigenvalue weighted by Crippen LogP contribution is 2.15. The highest BCUT2D eigenvalue weighted by atomic mass is 16.5. The van der Waals surface area contributed by atoms with Gasteiger partial charge in [-0.25, -0.2) is 0 Å². The molecule has 1 aliphatic heterocycles. The topological polar surface area (TPSA) is 77.7 Å². The van der Waals surface area contributed by atoms with Crippen LogP contribution in [0.4, 0.5) is 0 Å². The van der Waals surface area contributed by atoms with Gasteiger partial charge in [0.1, 0.15) is 6.61 Å². The van der Waals surface area contributed by atoms with E-state index in [4.69, 9.17) is 14.0 Å². The molecular weight excluding hydrogens is 322 g/mol. The summed E-state index contributed by atoms with van der Waals surface area (Å²) in [5, 5.41) is 3.95. The molecule has 1 amide bonds. The third-order valence-corrected chi connectivity index (χ3v) is 4.10. The van der Waals surface area contributed by atoms with Crippen molar-refractivity contribution in [3.8, 4) is 11.4 Å². The molecule has 1 aliphatic rings. The van der Waals surface area contributed by atoms with Gasteiger partial charge in [0.25, 0.3) is 0 Å². The van der Waals surface area contributed by atoms with Crippen LogP contribution in [0.3, 0.4) is 0 Å². The molecule has 1 saturated heterocycles. The Morgan fingerprint density at radius 2 is 2.16 bits per heavy atom. The van der Waals surface area contributed by atoms with Gasteiger partial charge in [0.2, 0.25) is 17.6 Å². The summed E-state index contributed by atoms with van der Waals surface area (Å²) >= 11 is 0. The first kappa shape index (κ1) is 17.6. The lowest BCUT2D eigenvalue weighted by atomic mass is 10.1. The number of hydrogen-bond acceptors (Lipinski definition) is 6. The Balaban J connectivity index is 1.44. The molecule has 134 valence electrons. The number of ether oxygens (including phenoxy) is 2. The van der Waals surface area contributed by atoms with Crippen molar-refractivity contribution >= 4 is 5.91 Å². The Morgan fingerprint density at radius 3 is 2.92 bits per heavy atom. The Hall–Kier alpha value is -2.25. The second-order valence-electron chi connectivity index (χ2n) is 6.13. The number of benzene rings is 1. The van der Waals surface area contributed by atoms with E-state index in [1.807, 2.05) is 30.3 Å². The third-order valence-electron chi connectivity index (χ3n) is 4.10. The van der Waals surface area contributed by atoms with E-state index >= 15 is 0 Å². The molecule has 7 heteroatoms. The van der Waals surface area contributed by atoms with Crippen molar-refractivity contribution in [1.82, 2.24) is 15.0 Å². The molecule has 2 heterocycles. The highest BCUT2D eigenvalue weighted by Gasteiger charge is 2.17. The average molecular weight is 345 g/mol. The van der Waals surface area contributed by atoms with Gasteiger partial charge >= 0.3 is 0 Å². The maximum Gasteiger partial charge on any atom is 0.248 e. The third kappa shape index (κ3) is 5.11. The molecule has 0 radical (unpaired) electrons. The van der Waals surface area contributed by atoms with E-state index < -0.39 is 0 Å². The van der Waals surface area contributed by atoms with Crippen LogP contribution in [0.2, 0.25) is 0 Å². The molecule has 1 atom stereocenters. The number of amides is 1. The van der Waals surface area contributed by atoms with Gasteiger partial charge in [0, 0.05) is 19.2 Å². The molecule has 0 unspecified atom stereocenters. The lowest BCUT2D eigenvalue weighted by Crippen LogP contribution is -2.32. The van der Waals surface area contributed by atoms with Crippen molar-refractivity contribution in [3.05, 3.63) is 36.2 Å². The fourth-order valence-corrected chi connectivity index (χ4v) is 2.64. The lowest BCUT2D eigenvalue weighted by Gasteiger charge is -2.22. The van der Waals surface area contributed by atoms with Crippen LogP contribution in [-0.2, 0) is 20.8 Å². The normalized spacial score (nSPS) is 17.4.